The normalized spacial score (nSPS) is 13.9. The molecule has 1 unspecified atom stereocenters. The van der Waals surface area contributed by atoms with Crippen LogP contribution in [0.5, 0.6) is 0 Å². The number of hydrogen-bond donors (Lipinski definition) is 0. The number of rotatable bonds is 5. The second-order valence-electron chi connectivity index (χ2n) is 15.2. The predicted molar refractivity (Wildman–Crippen MR) is 237 cm³/mol. The standard InChI is InChI=1S/C55H38/c1-35-14-12-20-39-26-27-40(32-49(35)39)51-33-50(38-17-6-3-7-18-38)45-28-30-48-53(44-25-13-21-37-19-8-9-22-42(37)44)34-52(47-31-29-46(51)54(45)55(47)48)43-24-11-10-23-41(43)36-15-4-2-5-16-36/h2-13,15-35H,14H2,1H3. The van der Waals surface area contributed by atoms with Gasteiger partial charge in [-0.25, -0.2) is 0 Å². The molecule has 0 nitrogen and oxygen atoms in total. The Morgan fingerprint density at radius 3 is 1.62 bits per heavy atom. The summed E-state index contributed by atoms with van der Waals surface area (Å²) in [5, 5.41) is 10.3. The maximum Gasteiger partial charge on any atom is -0.00139 e. The van der Waals surface area contributed by atoms with Gasteiger partial charge in [-0.15, -0.1) is 0 Å². The topological polar surface area (TPSA) is 0 Å². The summed E-state index contributed by atoms with van der Waals surface area (Å²) < 4.78 is 0. The van der Waals surface area contributed by atoms with Crippen LogP contribution >= 0.6 is 0 Å². The van der Waals surface area contributed by atoms with Crippen molar-refractivity contribution >= 4 is 49.2 Å². The van der Waals surface area contributed by atoms with Gasteiger partial charge in [-0.05, 0) is 134 Å². The smallest absolute Gasteiger partial charge is 0.00139 e. The Labute approximate surface area is 322 Å². The summed E-state index contributed by atoms with van der Waals surface area (Å²) in [7, 11) is 0. The molecule has 0 bridgehead atoms. The van der Waals surface area contributed by atoms with Gasteiger partial charge in [0.25, 0.3) is 0 Å². The Bertz CT molecular complexity index is 3100. The van der Waals surface area contributed by atoms with Crippen molar-refractivity contribution < 1.29 is 0 Å². The van der Waals surface area contributed by atoms with Crippen LogP contribution in [0.1, 0.15) is 30.4 Å². The molecular formula is C55H38. The van der Waals surface area contributed by atoms with Crippen molar-refractivity contribution in [2.75, 3.05) is 0 Å². The largest absolute Gasteiger partial charge is 0.0833 e. The lowest BCUT2D eigenvalue weighted by Gasteiger charge is -2.23. The molecule has 258 valence electrons. The minimum absolute atomic E-state index is 0.490. The van der Waals surface area contributed by atoms with E-state index in [1.807, 2.05) is 0 Å². The van der Waals surface area contributed by atoms with Crippen LogP contribution < -0.4 is 0 Å². The third kappa shape index (κ3) is 5.06. The molecule has 0 aliphatic heterocycles. The molecule has 10 aromatic rings. The Balaban J connectivity index is 1.31. The van der Waals surface area contributed by atoms with Crippen LogP contribution in [-0.4, -0.2) is 0 Å². The Kier molecular flexibility index (Phi) is 7.32. The second kappa shape index (κ2) is 12.7. The van der Waals surface area contributed by atoms with Crippen molar-refractivity contribution in [1.29, 1.82) is 0 Å². The summed E-state index contributed by atoms with van der Waals surface area (Å²) in [4.78, 5) is 0. The Hall–Kier alpha value is -6.76. The highest BCUT2D eigenvalue weighted by Crippen LogP contribution is 2.50. The third-order valence-electron chi connectivity index (χ3n) is 12.1. The Morgan fingerprint density at radius 1 is 0.364 bits per heavy atom. The van der Waals surface area contributed by atoms with Crippen LogP contribution in [-0.2, 0) is 0 Å². The predicted octanol–water partition coefficient (Wildman–Crippen LogP) is 15.6. The summed E-state index contributed by atoms with van der Waals surface area (Å²) in [5.41, 5.74) is 15.3. The van der Waals surface area contributed by atoms with Gasteiger partial charge in [0.1, 0.15) is 0 Å². The van der Waals surface area contributed by atoms with Crippen LogP contribution in [0.15, 0.2) is 188 Å². The average molecular weight is 699 g/mol. The quantitative estimate of drug-likeness (QED) is 0.157. The van der Waals surface area contributed by atoms with Gasteiger partial charge in [-0.1, -0.05) is 189 Å². The minimum Gasteiger partial charge on any atom is -0.0833 e. The number of fused-ring (bicyclic) bond motifs is 2. The molecule has 0 saturated heterocycles. The second-order valence-corrected chi connectivity index (χ2v) is 15.2. The molecule has 0 aromatic heterocycles. The van der Waals surface area contributed by atoms with E-state index in [2.05, 4.69) is 201 Å². The van der Waals surface area contributed by atoms with E-state index >= 15 is 0 Å². The SMILES string of the molecule is CC1CC=Cc2ccc(-c3cc(-c4ccccc4)c4ccc5c(-c6cccc7ccccc67)cc(-c6ccccc6-c6ccccc6)c6ccc3c4c65)cc21. The fourth-order valence-corrected chi connectivity index (χ4v) is 9.43. The van der Waals surface area contributed by atoms with Crippen LogP contribution in [0.4, 0.5) is 0 Å². The van der Waals surface area contributed by atoms with Gasteiger partial charge in [0.2, 0.25) is 0 Å². The highest BCUT2D eigenvalue weighted by molar-refractivity contribution is 6.32. The number of hydrogen-bond acceptors (Lipinski definition) is 0. The van der Waals surface area contributed by atoms with Gasteiger partial charge in [-0.2, -0.15) is 0 Å². The molecular weight excluding hydrogens is 661 g/mol. The average Bonchev–Trinajstić information content (AvgIpc) is 3.25. The van der Waals surface area contributed by atoms with Gasteiger partial charge in [0.05, 0.1) is 0 Å². The van der Waals surface area contributed by atoms with E-state index in [1.54, 1.807) is 0 Å². The van der Waals surface area contributed by atoms with Gasteiger partial charge >= 0.3 is 0 Å². The lowest BCUT2D eigenvalue weighted by Crippen LogP contribution is -2.00. The van der Waals surface area contributed by atoms with E-state index in [0.717, 1.165) is 6.42 Å². The first-order valence-corrected chi connectivity index (χ1v) is 19.5. The molecule has 1 aliphatic carbocycles. The Morgan fingerprint density at radius 2 is 0.891 bits per heavy atom. The highest BCUT2D eigenvalue weighted by Gasteiger charge is 2.23. The monoisotopic (exact) mass is 698 g/mol. The molecule has 0 heterocycles. The van der Waals surface area contributed by atoms with Crippen molar-refractivity contribution in [1.82, 2.24) is 0 Å². The third-order valence-corrected chi connectivity index (χ3v) is 12.1. The van der Waals surface area contributed by atoms with E-state index in [4.69, 9.17) is 0 Å². The summed E-state index contributed by atoms with van der Waals surface area (Å²) in [6.45, 7) is 2.36. The molecule has 0 spiro atoms. The molecule has 0 amide bonds. The molecule has 1 atom stereocenters. The fourth-order valence-electron chi connectivity index (χ4n) is 9.43. The maximum atomic E-state index is 2.47. The van der Waals surface area contributed by atoms with Crippen molar-refractivity contribution in [2.24, 2.45) is 0 Å². The van der Waals surface area contributed by atoms with Crippen LogP contribution in [0.25, 0.3) is 105 Å². The van der Waals surface area contributed by atoms with Gasteiger partial charge in [-0.3, -0.25) is 0 Å². The summed E-state index contributed by atoms with van der Waals surface area (Å²) in [5.74, 6) is 0.490. The van der Waals surface area contributed by atoms with Crippen molar-refractivity contribution in [2.45, 2.75) is 19.3 Å². The van der Waals surface area contributed by atoms with Gasteiger partial charge < -0.3 is 0 Å². The van der Waals surface area contributed by atoms with E-state index in [9.17, 15) is 0 Å². The number of allylic oxidation sites excluding steroid dienone is 1. The van der Waals surface area contributed by atoms with Crippen molar-refractivity contribution in [3.63, 3.8) is 0 Å². The minimum atomic E-state index is 0.490. The molecule has 11 rings (SSSR count). The fraction of sp³-hybridized carbons (Fsp3) is 0.0545. The zero-order chi connectivity index (χ0) is 36.5. The molecule has 0 radical (unpaired) electrons. The molecule has 0 saturated carbocycles. The van der Waals surface area contributed by atoms with Crippen LogP contribution in [0, 0.1) is 0 Å². The lowest BCUT2D eigenvalue weighted by atomic mass is 9.80. The van der Waals surface area contributed by atoms with Crippen LogP contribution in [0.2, 0.25) is 0 Å². The van der Waals surface area contributed by atoms with E-state index < -0.39 is 0 Å². The van der Waals surface area contributed by atoms with E-state index in [-0.39, 0.29) is 0 Å². The molecule has 55 heavy (non-hydrogen) atoms. The first-order valence-electron chi connectivity index (χ1n) is 19.5. The van der Waals surface area contributed by atoms with Crippen molar-refractivity contribution in [3.8, 4) is 55.6 Å². The maximum absolute atomic E-state index is 2.47. The zero-order valence-electron chi connectivity index (χ0n) is 30.8. The number of benzene rings is 10. The zero-order valence-corrected chi connectivity index (χ0v) is 30.8. The molecule has 0 fully saturated rings. The van der Waals surface area contributed by atoms with Gasteiger partial charge in [0.15, 0.2) is 0 Å². The first-order chi connectivity index (χ1) is 27.2. The van der Waals surface area contributed by atoms with Gasteiger partial charge in [0, 0.05) is 0 Å². The molecule has 1 aliphatic rings. The summed E-state index contributed by atoms with van der Waals surface area (Å²) >= 11 is 0. The molecule has 0 N–H and O–H groups in total. The van der Waals surface area contributed by atoms with E-state index in [0.29, 0.717) is 5.92 Å². The van der Waals surface area contributed by atoms with Crippen molar-refractivity contribution in [3.05, 3.63) is 199 Å². The first kappa shape index (κ1) is 31.7. The van der Waals surface area contributed by atoms with E-state index in [1.165, 1.54) is 110 Å². The highest BCUT2D eigenvalue weighted by atomic mass is 14.3. The van der Waals surface area contributed by atoms with Crippen LogP contribution in [0.3, 0.4) is 0 Å². The molecule has 10 aromatic carbocycles. The summed E-state index contributed by atoms with van der Waals surface area (Å²) in [6, 6.07) is 68.0. The molecule has 0 heteroatoms. The summed E-state index contributed by atoms with van der Waals surface area (Å²) in [6.07, 6.45) is 5.69. The lowest BCUT2D eigenvalue weighted by molar-refractivity contribution is 0.772.